The molecule has 288 valence electrons. The van der Waals surface area contributed by atoms with Gasteiger partial charge >= 0.3 is 0 Å². The van der Waals surface area contributed by atoms with Crippen molar-refractivity contribution in [1.29, 1.82) is 0 Å². The van der Waals surface area contributed by atoms with Gasteiger partial charge in [-0.15, -0.1) is 6.42 Å². The Balaban J connectivity index is 0.000000190. The van der Waals surface area contributed by atoms with Gasteiger partial charge in [-0.2, -0.15) is 0 Å². The Kier molecular flexibility index (Phi) is 11.3. The highest BCUT2D eigenvalue weighted by Gasteiger charge is 2.62. The van der Waals surface area contributed by atoms with Gasteiger partial charge in [0.1, 0.15) is 44.2 Å². The fourth-order valence-corrected chi connectivity index (χ4v) is 7.60. The molecule has 3 heterocycles. The Morgan fingerprint density at radius 2 is 1.27 bits per heavy atom. The Labute approximate surface area is 327 Å². The lowest BCUT2D eigenvalue weighted by molar-refractivity contribution is -0.129. The molecule has 0 saturated carbocycles. The predicted octanol–water partition coefficient (Wildman–Crippen LogP) is 5.78. The van der Waals surface area contributed by atoms with E-state index in [1.165, 1.54) is 53.6 Å². The fraction of sp³-hybridized carbons (Fsp3) is 0.350. The van der Waals surface area contributed by atoms with Crippen LogP contribution in [0.3, 0.4) is 0 Å². The van der Waals surface area contributed by atoms with E-state index in [0.29, 0.717) is 41.3 Å². The topological polar surface area (TPSA) is 180 Å². The van der Waals surface area contributed by atoms with Crippen molar-refractivity contribution in [2.75, 3.05) is 28.4 Å². The van der Waals surface area contributed by atoms with E-state index in [2.05, 4.69) is 11.4 Å². The molecule has 4 aliphatic rings. The average molecular weight is 794 g/mol. The number of aryl methyl sites for hydroxylation is 1. The largest absolute Gasteiger partial charge is 0.496 e. The first-order valence-corrected chi connectivity index (χ1v) is 17.6. The molecule has 55 heavy (non-hydrogen) atoms. The number of carbonyl (C=O) groups excluding carboxylic acids is 5. The number of Topliss-reactive ketones (excluding diaryl/α,β-unsaturated/α-hetero) is 4. The number of nitrogens with zero attached hydrogens (tertiary/aromatic N) is 1. The number of terminal acetylenes is 1. The number of benzene rings is 2. The summed E-state index contributed by atoms with van der Waals surface area (Å²) >= 11 is 12.7. The zero-order valence-electron chi connectivity index (χ0n) is 31.3. The molecule has 1 aromatic heterocycles. The van der Waals surface area contributed by atoms with Crippen molar-refractivity contribution in [2.24, 2.45) is 17.6 Å². The molecule has 2 aliphatic carbocycles. The number of ketones is 5. The highest BCUT2D eigenvalue weighted by Crippen LogP contribution is 2.54. The molecule has 0 unspecified atom stereocenters. The summed E-state index contributed by atoms with van der Waals surface area (Å²) in [6.07, 6.45) is 6.64. The number of methoxy groups -OCH3 is 4. The van der Waals surface area contributed by atoms with Crippen LogP contribution in [0.2, 0.25) is 10.0 Å². The first-order chi connectivity index (χ1) is 26.0. The first-order valence-electron chi connectivity index (χ1n) is 16.8. The van der Waals surface area contributed by atoms with Gasteiger partial charge in [0.2, 0.25) is 40.1 Å². The number of allylic oxidation sites excluding steroid dienone is 1. The van der Waals surface area contributed by atoms with Crippen LogP contribution in [-0.4, -0.2) is 73.5 Å². The summed E-state index contributed by atoms with van der Waals surface area (Å²) in [7, 11) is 5.76. The molecular formula is C40H38Cl2N2O11. The maximum absolute atomic E-state index is 13.5. The predicted molar refractivity (Wildman–Crippen MR) is 201 cm³/mol. The number of ether oxygens (including phenoxy) is 6. The van der Waals surface area contributed by atoms with Gasteiger partial charge in [0.05, 0.1) is 34.1 Å². The molecule has 2 spiro atoms. The minimum Gasteiger partial charge on any atom is -0.496 e. The van der Waals surface area contributed by atoms with E-state index in [1.807, 2.05) is 19.8 Å². The molecule has 3 aromatic rings. The molecule has 0 saturated heterocycles. The number of hydrogen-bond acceptors (Lipinski definition) is 13. The number of nitrogens with two attached hydrogens (primary N) is 1. The fourth-order valence-electron chi connectivity index (χ4n) is 7.07. The molecular weight excluding hydrogens is 755 g/mol. The second-order valence-electron chi connectivity index (χ2n) is 13.2. The third-order valence-corrected chi connectivity index (χ3v) is 10.6. The number of halogens is 2. The zero-order valence-corrected chi connectivity index (χ0v) is 32.8. The third-order valence-electron chi connectivity index (χ3n) is 9.85. The number of hydrogen-bond donors (Lipinski definition) is 1. The normalized spacial score (nSPS) is 22.7. The number of pyridine rings is 1. The standard InChI is InChI=1S/C20H18ClNO5.C16H16ClNO5.C4H4O/c1-9-7-12-11(6-5-10(2)22-12)18(23)20(9)19(24)15-13(25-3)8-14(26-4)16(21)17(15)27-20;1-7-4-8(18)5-11(19)16(7)15(20)12-9(21-2)6-10(22-3)13(17)14(12)23-16;1-3-4(2)5/h5-6,8-9H,7H2,1-4H3;5-7H,4,18H2,1-3H3;1H,2H3/t9-,20+;7-,16+;/m11./s1. The second-order valence-corrected chi connectivity index (χ2v) is 14.0. The van der Waals surface area contributed by atoms with Gasteiger partial charge in [0.25, 0.3) is 0 Å². The SMILES string of the molecule is C#CC(C)=O.COc1cc(OC)c2c(c1Cl)O[C@@]1(C(=O)C=C(N)C[C@H]1C)C2=O.COc1cc(OC)c2c(c1Cl)O[C@@]1(C(=O)c3ccc(C)nc3C[C@H]1C)C2=O. The summed E-state index contributed by atoms with van der Waals surface area (Å²) in [6.45, 7) is 6.77. The Morgan fingerprint density at radius 1 is 0.818 bits per heavy atom. The summed E-state index contributed by atoms with van der Waals surface area (Å²) in [5.41, 5.74) is 5.10. The maximum Gasteiger partial charge on any atom is 0.236 e. The van der Waals surface area contributed by atoms with Crippen molar-refractivity contribution in [3.8, 4) is 46.8 Å². The van der Waals surface area contributed by atoms with Gasteiger partial charge in [-0.3, -0.25) is 29.0 Å². The summed E-state index contributed by atoms with van der Waals surface area (Å²) in [6, 6.07) is 6.48. The number of carbonyl (C=O) groups is 5. The minimum absolute atomic E-state index is 0.113. The molecule has 13 nitrogen and oxygen atoms in total. The van der Waals surface area contributed by atoms with Crippen molar-refractivity contribution >= 4 is 52.1 Å². The summed E-state index contributed by atoms with van der Waals surface area (Å²) < 4.78 is 32.9. The number of rotatable bonds is 4. The average Bonchev–Trinajstić information content (AvgIpc) is 3.64. The van der Waals surface area contributed by atoms with Crippen molar-refractivity contribution < 1.29 is 52.4 Å². The van der Waals surface area contributed by atoms with Gasteiger partial charge < -0.3 is 34.2 Å². The monoisotopic (exact) mass is 792 g/mol. The van der Waals surface area contributed by atoms with E-state index in [9.17, 15) is 24.0 Å². The molecule has 4 atom stereocenters. The van der Waals surface area contributed by atoms with E-state index in [-0.39, 0.29) is 50.0 Å². The van der Waals surface area contributed by atoms with Crippen LogP contribution in [0.5, 0.6) is 34.5 Å². The van der Waals surface area contributed by atoms with Crippen LogP contribution in [0.25, 0.3) is 0 Å². The van der Waals surface area contributed by atoms with Crippen LogP contribution in [-0.2, 0) is 16.0 Å². The summed E-state index contributed by atoms with van der Waals surface area (Å²) in [5, 5.41) is 0.280. The van der Waals surface area contributed by atoms with E-state index < -0.39 is 46.2 Å². The zero-order chi connectivity index (χ0) is 40.7. The molecule has 0 amide bonds. The van der Waals surface area contributed by atoms with Gasteiger partial charge in [-0.25, -0.2) is 0 Å². The highest BCUT2D eigenvalue weighted by molar-refractivity contribution is 6.37. The van der Waals surface area contributed by atoms with Crippen molar-refractivity contribution in [1.82, 2.24) is 4.98 Å². The van der Waals surface area contributed by atoms with Crippen molar-refractivity contribution in [3.63, 3.8) is 0 Å². The number of fused-ring (bicyclic) bond motifs is 3. The quantitative estimate of drug-likeness (QED) is 0.191. The van der Waals surface area contributed by atoms with E-state index in [4.69, 9.17) is 57.4 Å². The highest BCUT2D eigenvalue weighted by atomic mass is 35.5. The molecule has 7 rings (SSSR count). The van der Waals surface area contributed by atoms with Gasteiger partial charge in [-0.05, 0) is 37.8 Å². The second kappa shape index (κ2) is 15.3. The Morgan fingerprint density at radius 3 is 1.73 bits per heavy atom. The van der Waals surface area contributed by atoms with E-state index in [0.717, 1.165) is 5.69 Å². The molecule has 0 radical (unpaired) electrons. The van der Waals surface area contributed by atoms with Crippen LogP contribution in [0.15, 0.2) is 36.0 Å². The lowest BCUT2D eigenvalue weighted by Gasteiger charge is -2.36. The molecule has 0 fully saturated rings. The lowest BCUT2D eigenvalue weighted by atomic mass is 9.71. The number of aromatic nitrogens is 1. The van der Waals surface area contributed by atoms with Crippen molar-refractivity contribution in [3.05, 3.63) is 74.2 Å². The minimum atomic E-state index is -1.67. The molecule has 2 aliphatic heterocycles. The molecule has 2 N–H and O–H groups in total. The smallest absolute Gasteiger partial charge is 0.236 e. The van der Waals surface area contributed by atoms with Gasteiger partial charge in [-0.1, -0.05) is 37.0 Å². The molecule has 2 aromatic carbocycles. The van der Waals surface area contributed by atoms with Crippen LogP contribution >= 0.6 is 23.2 Å². The van der Waals surface area contributed by atoms with Crippen LogP contribution in [0.4, 0.5) is 0 Å². The molecule has 0 bridgehead atoms. The van der Waals surface area contributed by atoms with E-state index in [1.54, 1.807) is 19.1 Å². The Bertz CT molecular complexity index is 2240. The van der Waals surface area contributed by atoms with Crippen LogP contribution in [0.1, 0.15) is 69.7 Å². The third kappa shape index (κ3) is 6.43. The Hall–Kier alpha value is -5.58. The van der Waals surface area contributed by atoms with Gasteiger partial charge in [0.15, 0.2) is 11.5 Å². The summed E-state index contributed by atoms with van der Waals surface area (Å²) in [5.74, 6) is 0.418. The summed E-state index contributed by atoms with van der Waals surface area (Å²) in [4.78, 5) is 66.5. The van der Waals surface area contributed by atoms with E-state index >= 15 is 0 Å². The van der Waals surface area contributed by atoms with Crippen LogP contribution in [0, 0.1) is 31.1 Å². The lowest BCUT2D eigenvalue weighted by Crippen LogP contribution is -2.56. The maximum atomic E-state index is 13.5. The first kappa shape index (κ1) is 40.6. The molecule has 15 heteroatoms. The van der Waals surface area contributed by atoms with Crippen molar-refractivity contribution in [2.45, 2.75) is 51.7 Å². The van der Waals surface area contributed by atoms with Crippen LogP contribution < -0.4 is 34.2 Å². The van der Waals surface area contributed by atoms with Gasteiger partial charge in [0, 0.05) is 53.9 Å².